The van der Waals surface area contributed by atoms with Crippen molar-refractivity contribution in [3.05, 3.63) is 47.2 Å². The van der Waals surface area contributed by atoms with E-state index in [0.29, 0.717) is 44.0 Å². The Morgan fingerprint density at radius 1 is 1.15 bits per heavy atom. The van der Waals surface area contributed by atoms with Crippen LogP contribution in [0.5, 0.6) is 0 Å². The number of carbonyl (C=O) groups is 3. The lowest BCUT2D eigenvalue weighted by atomic mass is 9.94. The largest absolute Gasteiger partial charge is 0.463 e. The third-order valence-electron chi connectivity index (χ3n) is 6.06. The van der Waals surface area contributed by atoms with E-state index in [1.807, 2.05) is 49.1 Å². The number of esters is 1. The van der Waals surface area contributed by atoms with Crippen LogP contribution >= 0.6 is 0 Å². The van der Waals surface area contributed by atoms with E-state index in [1.54, 1.807) is 11.8 Å². The molecule has 33 heavy (non-hydrogen) atoms. The highest BCUT2D eigenvalue weighted by Gasteiger charge is 2.39. The third-order valence-corrected chi connectivity index (χ3v) is 6.06. The van der Waals surface area contributed by atoms with Gasteiger partial charge in [0.05, 0.1) is 18.2 Å². The number of ether oxygens (including phenoxy) is 2. The van der Waals surface area contributed by atoms with E-state index in [9.17, 15) is 14.4 Å². The monoisotopic (exact) mass is 458 g/mol. The minimum absolute atomic E-state index is 0.00884. The van der Waals surface area contributed by atoms with E-state index in [-0.39, 0.29) is 31.2 Å². The average Bonchev–Trinajstić information content (AvgIpc) is 2.79. The van der Waals surface area contributed by atoms with Gasteiger partial charge in [-0.3, -0.25) is 14.6 Å². The summed E-state index contributed by atoms with van der Waals surface area (Å²) < 4.78 is 10.4. The van der Waals surface area contributed by atoms with E-state index in [1.165, 1.54) is 7.11 Å². The van der Waals surface area contributed by atoms with Crippen molar-refractivity contribution >= 4 is 17.9 Å². The maximum atomic E-state index is 13.1. The highest BCUT2D eigenvalue weighted by Crippen LogP contribution is 2.32. The minimum Gasteiger partial charge on any atom is -0.463 e. The molecule has 3 rings (SSSR count). The molecule has 0 unspecified atom stereocenters. The lowest BCUT2D eigenvalue weighted by molar-refractivity contribution is -0.139. The number of benzene rings is 1. The Morgan fingerprint density at radius 2 is 1.88 bits per heavy atom. The fourth-order valence-corrected chi connectivity index (χ4v) is 4.52. The number of nitrogens with one attached hydrogen (secondary N) is 1. The van der Waals surface area contributed by atoms with Gasteiger partial charge in [0.2, 0.25) is 5.91 Å². The fourth-order valence-electron chi connectivity index (χ4n) is 4.52. The summed E-state index contributed by atoms with van der Waals surface area (Å²) in [6, 6.07) is 8.62. The van der Waals surface area contributed by atoms with Crippen molar-refractivity contribution < 1.29 is 23.9 Å². The second-order valence-electron chi connectivity index (χ2n) is 8.22. The lowest BCUT2D eigenvalue weighted by Crippen LogP contribution is -2.57. The molecule has 1 saturated heterocycles. The molecule has 1 aromatic carbocycles. The molecule has 2 heterocycles. The van der Waals surface area contributed by atoms with Gasteiger partial charge in [0, 0.05) is 51.6 Å². The summed E-state index contributed by atoms with van der Waals surface area (Å²) in [7, 11) is 1.51. The molecule has 9 nitrogen and oxygen atoms in total. The van der Waals surface area contributed by atoms with Crippen LogP contribution in [-0.2, 0) is 19.1 Å². The summed E-state index contributed by atoms with van der Waals surface area (Å²) in [4.78, 5) is 44.1. The number of rotatable bonds is 8. The number of carbonyl (C=O) groups excluding carboxylic acids is 3. The van der Waals surface area contributed by atoms with Gasteiger partial charge >= 0.3 is 12.0 Å². The minimum atomic E-state index is -0.586. The summed E-state index contributed by atoms with van der Waals surface area (Å²) in [5.74, 6) is -0.464. The molecule has 2 aliphatic heterocycles. The first-order chi connectivity index (χ1) is 15.9. The molecular formula is C24H34N4O5. The molecule has 0 spiro atoms. The number of hydrogen-bond donors (Lipinski definition) is 1. The molecule has 1 N–H and O–H groups in total. The van der Waals surface area contributed by atoms with Crippen molar-refractivity contribution in [2.75, 3.05) is 53.0 Å². The molecule has 0 bridgehead atoms. The summed E-state index contributed by atoms with van der Waals surface area (Å²) in [6.45, 7) is 8.62. The molecule has 1 fully saturated rings. The van der Waals surface area contributed by atoms with Crippen molar-refractivity contribution in [1.82, 2.24) is 20.0 Å². The highest BCUT2D eigenvalue weighted by molar-refractivity contribution is 5.95. The second-order valence-corrected chi connectivity index (χ2v) is 8.22. The molecular weight excluding hydrogens is 424 g/mol. The van der Waals surface area contributed by atoms with Gasteiger partial charge in [-0.1, -0.05) is 30.3 Å². The van der Waals surface area contributed by atoms with Crippen LogP contribution in [0, 0.1) is 0 Å². The molecule has 0 aliphatic carbocycles. The highest BCUT2D eigenvalue weighted by atomic mass is 16.5. The third kappa shape index (κ3) is 5.54. The van der Waals surface area contributed by atoms with Crippen LogP contribution in [0.4, 0.5) is 4.79 Å². The van der Waals surface area contributed by atoms with Crippen LogP contribution in [-0.4, -0.2) is 91.7 Å². The average molecular weight is 459 g/mol. The Hall–Kier alpha value is -2.91. The molecule has 2 aliphatic rings. The summed E-state index contributed by atoms with van der Waals surface area (Å²) in [6.07, 6.45) is 0. The van der Waals surface area contributed by atoms with Crippen LogP contribution in [0.1, 0.15) is 32.4 Å². The molecule has 180 valence electrons. The van der Waals surface area contributed by atoms with Gasteiger partial charge in [-0.25, -0.2) is 9.59 Å². The molecule has 0 saturated carbocycles. The number of urea groups is 1. The van der Waals surface area contributed by atoms with E-state index in [2.05, 4.69) is 10.2 Å². The number of methoxy groups -OCH3 is 1. The molecule has 3 amide bonds. The lowest BCUT2D eigenvalue weighted by Gasteiger charge is -2.42. The number of hydrogen-bond acceptors (Lipinski definition) is 6. The van der Waals surface area contributed by atoms with Gasteiger partial charge in [0.15, 0.2) is 0 Å². The zero-order valence-electron chi connectivity index (χ0n) is 19.9. The summed E-state index contributed by atoms with van der Waals surface area (Å²) in [5.41, 5.74) is 1.93. The molecule has 2 atom stereocenters. The first-order valence-electron chi connectivity index (χ1n) is 11.4. The fraction of sp³-hybridized carbons (Fsp3) is 0.542. The first kappa shape index (κ1) is 24.7. The zero-order chi connectivity index (χ0) is 24.0. The smallest absolute Gasteiger partial charge is 0.338 e. The predicted molar refractivity (Wildman–Crippen MR) is 123 cm³/mol. The topological polar surface area (TPSA) is 91.4 Å². The van der Waals surface area contributed by atoms with Gasteiger partial charge in [-0.2, -0.15) is 0 Å². The van der Waals surface area contributed by atoms with E-state index in [0.717, 1.165) is 5.56 Å². The van der Waals surface area contributed by atoms with Crippen molar-refractivity contribution in [3.63, 3.8) is 0 Å². The van der Waals surface area contributed by atoms with Crippen LogP contribution < -0.4 is 5.32 Å². The molecule has 0 aromatic heterocycles. The predicted octanol–water partition coefficient (Wildman–Crippen LogP) is 1.77. The maximum absolute atomic E-state index is 13.1. The van der Waals surface area contributed by atoms with E-state index in [4.69, 9.17) is 9.47 Å². The van der Waals surface area contributed by atoms with Gasteiger partial charge in [-0.05, 0) is 26.3 Å². The quantitative estimate of drug-likeness (QED) is 0.597. The number of nitrogens with zero attached hydrogens (tertiary/aromatic N) is 3. The van der Waals surface area contributed by atoms with Crippen LogP contribution in [0.2, 0.25) is 0 Å². The Bertz CT molecular complexity index is 888. The van der Waals surface area contributed by atoms with Gasteiger partial charge in [-0.15, -0.1) is 0 Å². The van der Waals surface area contributed by atoms with E-state index < -0.39 is 12.0 Å². The summed E-state index contributed by atoms with van der Waals surface area (Å²) >= 11 is 0. The molecule has 1 aromatic rings. The Kier molecular flexibility index (Phi) is 8.46. The van der Waals surface area contributed by atoms with Crippen molar-refractivity contribution in [2.24, 2.45) is 0 Å². The number of likely N-dealkylation sites (N-methyl/N-ethyl adjacent to an activating group) is 1. The van der Waals surface area contributed by atoms with Crippen molar-refractivity contribution in [1.29, 1.82) is 0 Å². The van der Waals surface area contributed by atoms with Gasteiger partial charge in [0.25, 0.3) is 0 Å². The molecule has 0 radical (unpaired) electrons. The normalized spacial score (nSPS) is 21.8. The van der Waals surface area contributed by atoms with E-state index >= 15 is 0 Å². The maximum Gasteiger partial charge on any atom is 0.338 e. The van der Waals surface area contributed by atoms with Crippen molar-refractivity contribution in [2.45, 2.75) is 32.9 Å². The second kappa shape index (κ2) is 11.3. The first-order valence-corrected chi connectivity index (χ1v) is 11.4. The SMILES string of the molecule is CCOC(=O)C1=C(CN2CCN(C(=O)COC)[C@@H](C)C2)N(CC)C(=O)N[C@H]1c1ccccc1. The Morgan fingerprint density at radius 3 is 2.48 bits per heavy atom. The summed E-state index contributed by atoms with van der Waals surface area (Å²) in [5, 5.41) is 2.98. The van der Waals surface area contributed by atoms with Gasteiger partial charge in [0.1, 0.15) is 6.61 Å². The van der Waals surface area contributed by atoms with Crippen LogP contribution in [0.3, 0.4) is 0 Å². The molecule has 9 heteroatoms. The number of piperazine rings is 1. The number of amides is 3. The van der Waals surface area contributed by atoms with Gasteiger partial charge < -0.3 is 19.7 Å². The Labute approximate surface area is 195 Å². The van der Waals surface area contributed by atoms with Crippen molar-refractivity contribution in [3.8, 4) is 0 Å². The standard InChI is InChI=1S/C24H34N4O5/c1-5-27-19(15-26-12-13-28(17(3)14-26)20(29)16-32-4)21(23(30)33-6-2)22(25-24(27)31)18-10-8-7-9-11-18/h7-11,17,22H,5-6,12-16H2,1-4H3,(H,25,31)/t17-,22-/m0/s1. The van der Waals surface area contributed by atoms with Crippen LogP contribution in [0.15, 0.2) is 41.6 Å². The Balaban J connectivity index is 1.94. The van der Waals surface area contributed by atoms with Crippen LogP contribution in [0.25, 0.3) is 0 Å². The zero-order valence-corrected chi connectivity index (χ0v) is 19.9.